The number of rotatable bonds is 2. The van der Waals surface area contributed by atoms with E-state index < -0.39 is 0 Å². The van der Waals surface area contributed by atoms with Crippen molar-refractivity contribution in [3.63, 3.8) is 0 Å². The van der Waals surface area contributed by atoms with Gasteiger partial charge in [-0.25, -0.2) is 0 Å². The summed E-state index contributed by atoms with van der Waals surface area (Å²) in [6, 6.07) is 15.8. The smallest absolute Gasteiger partial charge is 0.0459 e. The van der Waals surface area contributed by atoms with Gasteiger partial charge in [0.1, 0.15) is 0 Å². The number of hydrogen-bond acceptors (Lipinski definition) is 0. The number of aryl methyl sites for hydroxylation is 3. The summed E-state index contributed by atoms with van der Waals surface area (Å²) in [6.45, 7) is 4.34. The van der Waals surface area contributed by atoms with Gasteiger partial charge in [0, 0.05) is 22.5 Å². The summed E-state index contributed by atoms with van der Waals surface area (Å²) in [6.07, 6.45) is 4.99. The SMILES string of the molecule is Cc1ccc(CC2CCCc3c2[nH]c2ccc(C)cc32)cc1. The molecule has 1 heterocycles. The van der Waals surface area contributed by atoms with Gasteiger partial charge in [-0.2, -0.15) is 0 Å². The highest BCUT2D eigenvalue weighted by Crippen LogP contribution is 2.38. The molecule has 2 aromatic carbocycles. The number of H-pyrrole nitrogens is 1. The normalized spacial score (nSPS) is 17.6. The van der Waals surface area contributed by atoms with E-state index in [2.05, 4.69) is 61.3 Å². The summed E-state index contributed by atoms with van der Waals surface area (Å²) in [5, 5.41) is 1.45. The van der Waals surface area contributed by atoms with Crippen molar-refractivity contribution in [1.82, 2.24) is 4.98 Å². The van der Waals surface area contributed by atoms with Crippen LogP contribution in [0.15, 0.2) is 42.5 Å². The van der Waals surface area contributed by atoms with Crippen LogP contribution in [-0.4, -0.2) is 4.98 Å². The standard InChI is InChI=1S/C21H23N/c1-14-6-9-16(10-7-14)13-17-4-3-5-18-19-12-15(2)8-11-20(19)22-21(17)18/h6-12,17,22H,3-5,13H2,1-2H3. The summed E-state index contributed by atoms with van der Waals surface area (Å²) in [4.78, 5) is 3.72. The fourth-order valence-corrected chi connectivity index (χ4v) is 3.88. The summed E-state index contributed by atoms with van der Waals surface area (Å²) >= 11 is 0. The largest absolute Gasteiger partial charge is 0.358 e. The van der Waals surface area contributed by atoms with Crippen LogP contribution in [0.2, 0.25) is 0 Å². The molecule has 1 nitrogen and oxygen atoms in total. The Morgan fingerprint density at radius 3 is 2.59 bits per heavy atom. The van der Waals surface area contributed by atoms with Crippen molar-refractivity contribution >= 4 is 10.9 Å². The molecule has 1 unspecified atom stereocenters. The van der Waals surface area contributed by atoms with Crippen molar-refractivity contribution in [3.05, 3.63) is 70.4 Å². The first kappa shape index (κ1) is 13.6. The Morgan fingerprint density at radius 2 is 1.77 bits per heavy atom. The Balaban J connectivity index is 1.72. The molecule has 0 spiro atoms. The minimum Gasteiger partial charge on any atom is -0.358 e. The highest BCUT2D eigenvalue weighted by Gasteiger charge is 2.24. The zero-order valence-corrected chi connectivity index (χ0v) is 13.4. The number of aromatic amines is 1. The molecule has 22 heavy (non-hydrogen) atoms. The maximum atomic E-state index is 3.72. The highest BCUT2D eigenvalue weighted by molar-refractivity contribution is 5.85. The lowest BCUT2D eigenvalue weighted by atomic mass is 9.83. The zero-order valence-electron chi connectivity index (χ0n) is 13.4. The summed E-state index contributed by atoms with van der Waals surface area (Å²) in [7, 11) is 0. The van der Waals surface area contributed by atoms with E-state index in [1.165, 1.54) is 52.5 Å². The van der Waals surface area contributed by atoms with Gasteiger partial charge in [0.15, 0.2) is 0 Å². The molecule has 0 amide bonds. The lowest BCUT2D eigenvalue weighted by molar-refractivity contribution is 0.543. The van der Waals surface area contributed by atoms with Crippen LogP contribution >= 0.6 is 0 Å². The van der Waals surface area contributed by atoms with E-state index in [1.54, 1.807) is 5.56 Å². The first-order valence-electron chi connectivity index (χ1n) is 8.37. The molecule has 1 N–H and O–H groups in total. The van der Waals surface area contributed by atoms with Gasteiger partial charge in [-0.3, -0.25) is 0 Å². The fraction of sp³-hybridized carbons (Fsp3) is 0.333. The summed E-state index contributed by atoms with van der Waals surface area (Å²) < 4.78 is 0. The maximum Gasteiger partial charge on any atom is 0.0459 e. The van der Waals surface area contributed by atoms with Crippen LogP contribution < -0.4 is 0 Å². The first-order valence-corrected chi connectivity index (χ1v) is 8.37. The van der Waals surface area contributed by atoms with Crippen LogP contribution in [0.5, 0.6) is 0 Å². The molecule has 1 aliphatic carbocycles. The van der Waals surface area contributed by atoms with Crippen molar-refractivity contribution in [2.75, 3.05) is 0 Å². The Morgan fingerprint density at radius 1 is 1.00 bits per heavy atom. The van der Waals surface area contributed by atoms with Crippen LogP contribution in [0, 0.1) is 13.8 Å². The van der Waals surface area contributed by atoms with Crippen LogP contribution in [0.3, 0.4) is 0 Å². The molecule has 1 atom stereocenters. The van der Waals surface area contributed by atoms with E-state index in [4.69, 9.17) is 0 Å². The van der Waals surface area contributed by atoms with Crippen LogP contribution in [0.1, 0.15) is 46.7 Å². The molecule has 0 bridgehead atoms. The number of hydrogen-bond donors (Lipinski definition) is 1. The van der Waals surface area contributed by atoms with E-state index in [0.717, 1.165) is 6.42 Å². The van der Waals surface area contributed by atoms with E-state index >= 15 is 0 Å². The molecule has 0 fully saturated rings. The monoisotopic (exact) mass is 289 g/mol. The van der Waals surface area contributed by atoms with Crippen LogP contribution in [0.4, 0.5) is 0 Å². The van der Waals surface area contributed by atoms with Crippen LogP contribution in [-0.2, 0) is 12.8 Å². The minimum atomic E-state index is 0.638. The van der Waals surface area contributed by atoms with Crippen molar-refractivity contribution in [2.45, 2.75) is 45.4 Å². The second-order valence-electron chi connectivity index (χ2n) is 6.85. The van der Waals surface area contributed by atoms with Gasteiger partial charge in [-0.15, -0.1) is 0 Å². The Hall–Kier alpha value is -2.02. The first-order chi connectivity index (χ1) is 10.7. The number of aromatic nitrogens is 1. The van der Waals surface area contributed by atoms with Gasteiger partial charge in [0.05, 0.1) is 0 Å². The van der Waals surface area contributed by atoms with E-state index in [0.29, 0.717) is 5.92 Å². The Labute approximate surface area is 132 Å². The van der Waals surface area contributed by atoms with Gasteiger partial charge in [-0.05, 0) is 62.8 Å². The molecule has 0 radical (unpaired) electrons. The Bertz CT molecular complexity index is 808. The van der Waals surface area contributed by atoms with E-state index in [-0.39, 0.29) is 0 Å². The van der Waals surface area contributed by atoms with Gasteiger partial charge in [0.25, 0.3) is 0 Å². The van der Waals surface area contributed by atoms with Crippen molar-refractivity contribution in [3.8, 4) is 0 Å². The van der Waals surface area contributed by atoms with Crippen molar-refractivity contribution < 1.29 is 0 Å². The van der Waals surface area contributed by atoms with Crippen LogP contribution in [0.25, 0.3) is 10.9 Å². The average molecular weight is 289 g/mol. The quantitative estimate of drug-likeness (QED) is 0.646. The molecule has 112 valence electrons. The maximum absolute atomic E-state index is 3.72. The lowest BCUT2D eigenvalue weighted by Crippen LogP contribution is -2.11. The average Bonchev–Trinajstić information content (AvgIpc) is 2.89. The molecule has 0 aliphatic heterocycles. The van der Waals surface area contributed by atoms with Crippen molar-refractivity contribution in [2.24, 2.45) is 0 Å². The molecule has 3 aromatic rings. The predicted octanol–water partition coefficient (Wildman–Crippen LogP) is 5.45. The molecule has 1 aliphatic rings. The lowest BCUT2D eigenvalue weighted by Gasteiger charge is -2.23. The summed E-state index contributed by atoms with van der Waals surface area (Å²) in [5.74, 6) is 0.638. The molecule has 0 saturated carbocycles. The summed E-state index contributed by atoms with van der Waals surface area (Å²) in [5.41, 5.74) is 8.53. The minimum absolute atomic E-state index is 0.638. The van der Waals surface area contributed by atoms with E-state index in [9.17, 15) is 0 Å². The number of nitrogens with one attached hydrogen (secondary N) is 1. The molecular formula is C21H23N. The Kier molecular flexibility index (Phi) is 3.29. The zero-order chi connectivity index (χ0) is 15.1. The molecule has 1 heteroatoms. The second kappa shape index (κ2) is 5.31. The predicted molar refractivity (Wildman–Crippen MR) is 93.6 cm³/mol. The van der Waals surface area contributed by atoms with Gasteiger partial charge in [-0.1, -0.05) is 41.5 Å². The molecular weight excluding hydrogens is 266 g/mol. The molecule has 4 rings (SSSR count). The third-order valence-corrected chi connectivity index (χ3v) is 5.08. The molecule has 1 aromatic heterocycles. The topological polar surface area (TPSA) is 15.8 Å². The third-order valence-electron chi connectivity index (χ3n) is 5.08. The van der Waals surface area contributed by atoms with Crippen molar-refractivity contribution in [1.29, 1.82) is 0 Å². The second-order valence-corrected chi connectivity index (χ2v) is 6.85. The van der Waals surface area contributed by atoms with E-state index in [1.807, 2.05) is 0 Å². The van der Waals surface area contributed by atoms with Gasteiger partial charge < -0.3 is 4.98 Å². The van der Waals surface area contributed by atoms with Gasteiger partial charge >= 0.3 is 0 Å². The fourth-order valence-electron chi connectivity index (χ4n) is 3.88. The third kappa shape index (κ3) is 2.35. The number of fused-ring (bicyclic) bond motifs is 3. The van der Waals surface area contributed by atoms with Gasteiger partial charge in [0.2, 0.25) is 0 Å². The molecule has 0 saturated heterocycles. The number of benzene rings is 2. The highest BCUT2D eigenvalue weighted by atomic mass is 14.7.